The highest BCUT2D eigenvalue weighted by Crippen LogP contribution is 2.34. The van der Waals surface area contributed by atoms with E-state index < -0.39 is 0 Å². The Labute approximate surface area is 138 Å². The van der Waals surface area contributed by atoms with Crippen LogP contribution in [0.5, 0.6) is 11.5 Å². The zero-order valence-electron chi connectivity index (χ0n) is 12.9. The number of nitrogens with two attached hydrogens (primary N) is 1. The predicted octanol–water partition coefficient (Wildman–Crippen LogP) is 3.23. The number of nitrogens with one attached hydrogen (secondary N) is 1. The molecule has 0 bridgehead atoms. The molecule has 0 aliphatic carbocycles. The van der Waals surface area contributed by atoms with Crippen molar-refractivity contribution in [3.63, 3.8) is 0 Å². The van der Waals surface area contributed by atoms with Crippen LogP contribution < -0.4 is 15.8 Å². The number of pyridine rings is 1. The first kappa shape index (κ1) is 16.6. The average molecular weight is 366 g/mol. The van der Waals surface area contributed by atoms with Gasteiger partial charge in [0.1, 0.15) is 16.2 Å². The van der Waals surface area contributed by atoms with Gasteiger partial charge in [-0.3, -0.25) is 0 Å². The Morgan fingerprint density at radius 3 is 2.73 bits per heavy atom. The third-order valence-corrected chi connectivity index (χ3v) is 3.45. The lowest BCUT2D eigenvalue weighted by Crippen LogP contribution is -2.15. The highest BCUT2D eigenvalue weighted by atomic mass is 79.9. The van der Waals surface area contributed by atoms with Crippen molar-refractivity contribution in [3.8, 4) is 11.5 Å². The van der Waals surface area contributed by atoms with E-state index in [9.17, 15) is 0 Å². The summed E-state index contributed by atoms with van der Waals surface area (Å²) in [7, 11) is 0. The highest BCUT2D eigenvalue weighted by molar-refractivity contribution is 9.10. The lowest BCUT2D eigenvalue weighted by molar-refractivity contribution is 0.468. The van der Waals surface area contributed by atoms with Gasteiger partial charge in [0.25, 0.3) is 0 Å². The van der Waals surface area contributed by atoms with Crippen LogP contribution in [-0.2, 0) is 0 Å². The number of aromatic nitrogens is 3. The molecule has 0 spiro atoms. The van der Waals surface area contributed by atoms with E-state index in [1.165, 1.54) is 0 Å². The Hall–Kier alpha value is -1.73. The zero-order valence-corrected chi connectivity index (χ0v) is 14.5. The SMILES string of the molecule is Cc1ncc(Oc2cc(Br)ncc2C(C)C)c(NCCN)n1. The van der Waals surface area contributed by atoms with E-state index in [-0.39, 0.29) is 0 Å². The van der Waals surface area contributed by atoms with E-state index in [1.54, 1.807) is 6.20 Å². The van der Waals surface area contributed by atoms with Gasteiger partial charge in [-0.2, -0.15) is 0 Å². The Balaban J connectivity index is 2.36. The Morgan fingerprint density at radius 1 is 1.27 bits per heavy atom. The van der Waals surface area contributed by atoms with Crippen LogP contribution in [-0.4, -0.2) is 28.0 Å². The molecule has 0 saturated carbocycles. The third kappa shape index (κ3) is 4.14. The molecule has 0 atom stereocenters. The van der Waals surface area contributed by atoms with Gasteiger partial charge in [0, 0.05) is 30.9 Å². The molecule has 0 aromatic carbocycles. The molecule has 6 nitrogen and oxygen atoms in total. The number of nitrogens with zero attached hydrogens (tertiary/aromatic N) is 3. The molecule has 2 rings (SSSR count). The van der Waals surface area contributed by atoms with E-state index in [4.69, 9.17) is 10.5 Å². The number of ether oxygens (including phenoxy) is 1. The monoisotopic (exact) mass is 365 g/mol. The van der Waals surface area contributed by atoms with E-state index in [0.717, 1.165) is 15.9 Å². The van der Waals surface area contributed by atoms with Gasteiger partial charge in [0.15, 0.2) is 11.6 Å². The van der Waals surface area contributed by atoms with Crippen LogP contribution in [0.3, 0.4) is 0 Å². The van der Waals surface area contributed by atoms with Crippen molar-refractivity contribution in [3.05, 3.63) is 34.5 Å². The fourth-order valence-corrected chi connectivity index (χ4v) is 2.23. The number of hydrogen-bond donors (Lipinski definition) is 2. The molecule has 0 amide bonds. The quantitative estimate of drug-likeness (QED) is 0.764. The second kappa shape index (κ2) is 7.51. The summed E-state index contributed by atoms with van der Waals surface area (Å²) in [5, 5.41) is 3.16. The molecule has 0 saturated heterocycles. The summed E-state index contributed by atoms with van der Waals surface area (Å²) in [5.74, 6) is 2.91. The fraction of sp³-hybridized carbons (Fsp3) is 0.400. The second-order valence-electron chi connectivity index (χ2n) is 5.15. The van der Waals surface area contributed by atoms with Crippen molar-refractivity contribution in [1.29, 1.82) is 0 Å². The summed E-state index contributed by atoms with van der Waals surface area (Å²) >= 11 is 3.38. The normalized spacial score (nSPS) is 10.8. The van der Waals surface area contributed by atoms with Gasteiger partial charge < -0.3 is 15.8 Å². The van der Waals surface area contributed by atoms with Crippen LogP contribution in [0.1, 0.15) is 31.2 Å². The van der Waals surface area contributed by atoms with E-state index in [1.807, 2.05) is 19.2 Å². The van der Waals surface area contributed by atoms with Crippen LogP contribution >= 0.6 is 15.9 Å². The van der Waals surface area contributed by atoms with E-state index >= 15 is 0 Å². The van der Waals surface area contributed by atoms with Gasteiger partial charge in [-0.1, -0.05) is 13.8 Å². The minimum atomic E-state index is 0.294. The molecule has 2 aromatic heterocycles. The van der Waals surface area contributed by atoms with Crippen LogP contribution in [0, 0.1) is 6.92 Å². The van der Waals surface area contributed by atoms with E-state index in [0.29, 0.717) is 36.4 Å². The molecule has 0 radical (unpaired) electrons. The van der Waals surface area contributed by atoms with Gasteiger partial charge in [-0.05, 0) is 28.8 Å². The molecule has 22 heavy (non-hydrogen) atoms. The smallest absolute Gasteiger partial charge is 0.187 e. The molecule has 0 unspecified atom stereocenters. The average Bonchev–Trinajstić information content (AvgIpc) is 2.47. The number of hydrogen-bond acceptors (Lipinski definition) is 6. The first-order valence-electron chi connectivity index (χ1n) is 7.12. The maximum Gasteiger partial charge on any atom is 0.187 e. The number of rotatable bonds is 6. The van der Waals surface area contributed by atoms with Gasteiger partial charge in [-0.25, -0.2) is 15.0 Å². The van der Waals surface area contributed by atoms with Crippen molar-refractivity contribution >= 4 is 21.7 Å². The van der Waals surface area contributed by atoms with Crippen molar-refractivity contribution in [2.45, 2.75) is 26.7 Å². The minimum Gasteiger partial charge on any atom is -0.451 e. The lowest BCUT2D eigenvalue weighted by atomic mass is 10.1. The van der Waals surface area contributed by atoms with Crippen LogP contribution in [0.15, 0.2) is 23.1 Å². The zero-order chi connectivity index (χ0) is 16.1. The Morgan fingerprint density at radius 2 is 2.05 bits per heavy atom. The Bertz CT molecular complexity index is 648. The molecule has 2 aromatic rings. The number of aryl methyl sites for hydroxylation is 1. The molecule has 3 N–H and O–H groups in total. The summed E-state index contributed by atoms with van der Waals surface area (Å²) in [5.41, 5.74) is 6.56. The highest BCUT2D eigenvalue weighted by Gasteiger charge is 2.14. The standard InChI is InChI=1S/C15H20BrN5O/c1-9(2)11-7-20-14(16)6-12(11)22-13-8-19-10(3)21-15(13)18-5-4-17/h6-9H,4-5,17H2,1-3H3,(H,18,19,21). The topological polar surface area (TPSA) is 86.0 Å². The summed E-state index contributed by atoms with van der Waals surface area (Å²) in [6.07, 6.45) is 3.48. The molecular weight excluding hydrogens is 346 g/mol. The molecule has 118 valence electrons. The third-order valence-electron chi connectivity index (χ3n) is 3.02. The van der Waals surface area contributed by atoms with Gasteiger partial charge in [0.05, 0.1) is 6.20 Å². The minimum absolute atomic E-state index is 0.294. The molecule has 7 heteroatoms. The molecule has 2 heterocycles. The Kier molecular flexibility index (Phi) is 5.68. The van der Waals surface area contributed by atoms with Crippen LogP contribution in [0.2, 0.25) is 0 Å². The van der Waals surface area contributed by atoms with Crippen LogP contribution in [0.4, 0.5) is 5.82 Å². The molecule has 0 aliphatic heterocycles. The number of anilines is 1. The molecular formula is C15H20BrN5O. The summed E-state index contributed by atoms with van der Waals surface area (Å²) in [6, 6.07) is 1.85. The predicted molar refractivity (Wildman–Crippen MR) is 90.4 cm³/mol. The van der Waals surface area contributed by atoms with Gasteiger partial charge >= 0.3 is 0 Å². The first-order valence-corrected chi connectivity index (χ1v) is 7.91. The lowest BCUT2D eigenvalue weighted by Gasteiger charge is -2.16. The van der Waals surface area contributed by atoms with Crippen molar-refractivity contribution < 1.29 is 4.74 Å². The van der Waals surface area contributed by atoms with Crippen molar-refractivity contribution in [2.24, 2.45) is 5.73 Å². The largest absolute Gasteiger partial charge is 0.451 e. The second-order valence-corrected chi connectivity index (χ2v) is 5.96. The maximum atomic E-state index is 6.04. The molecule has 0 aliphatic rings. The fourth-order valence-electron chi connectivity index (χ4n) is 1.91. The van der Waals surface area contributed by atoms with Crippen LogP contribution in [0.25, 0.3) is 0 Å². The van der Waals surface area contributed by atoms with Crippen molar-refractivity contribution in [2.75, 3.05) is 18.4 Å². The first-order chi connectivity index (χ1) is 10.5. The maximum absolute atomic E-state index is 6.04. The van der Waals surface area contributed by atoms with E-state index in [2.05, 4.69) is 50.0 Å². The summed E-state index contributed by atoms with van der Waals surface area (Å²) in [4.78, 5) is 12.8. The number of halogens is 1. The molecule has 0 fully saturated rings. The van der Waals surface area contributed by atoms with Gasteiger partial charge in [0.2, 0.25) is 0 Å². The summed E-state index contributed by atoms with van der Waals surface area (Å²) < 4.78 is 6.76. The summed E-state index contributed by atoms with van der Waals surface area (Å²) in [6.45, 7) is 7.15. The van der Waals surface area contributed by atoms with Crippen molar-refractivity contribution in [1.82, 2.24) is 15.0 Å². The van der Waals surface area contributed by atoms with Gasteiger partial charge in [-0.15, -0.1) is 0 Å².